The van der Waals surface area contributed by atoms with Crippen LogP contribution in [0.3, 0.4) is 0 Å². The first-order valence-electron chi connectivity index (χ1n) is 9.66. The second-order valence-electron chi connectivity index (χ2n) is 7.82. The number of benzene rings is 2. The zero-order valence-corrected chi connectivity index (χ0v) is 16.2. The van der Waals surface area contributed by atoms with Gasteiger partial charge in [-0.1, -0.05) is 31.9 Å². The summed E-state index contributed by atoms with van der Waals surface area (Å²) in [7, 11) is 0. The Kier molecular flexibility index (Phi) is 6.62. The van der Waals surface area contributed by atoms with E-state index in [0.29, 0.717) is 5.92 Å². The maximum absolute atomic E-state index is 14.7. The highest BCUT2D eigenvalue weighted by atomic mass is 19.3. The van der Waals surface area contributed by atoms with E-state index in [2.05, 4.69) is 11.7 Å². The van der Waals surface area contributed by atoms with Crippen LogP contribution in [0.2, 0.25) is 0 Å². The Hall–Kier alpha value is -2.25. The summed E-state index contributed by atoms with van der Waals surface area (Å²) in [6.07, 6.45) is -0.0489. The first-order valence-corrected chi connectivity index (χ1v) is 9.66. The predicted octanol–water partition coefficient (Wildman–Crippen LogP) is 7.59. The van der Waals surface area contributed by atoms with Crippen molar-refractivity contribution >= 4 is 0 Å². The molecule has 0 radical (unpaired) electrons. The lowest BCUT2D eigenvalue weighted by Gasteiger charge is -2.26. The Morgan fingerprint density at radius 1 is 0.967 bits per heavy atom. The van der Waals surface area contributed by atoms with Gasteiger partial charge in [0.05, 0.1) is 0 Å². The van der Waals surface area contributed by atoms with E-state index in [9.17, 15) is 30.7 Å². The highest BCUT2D eigenvalue weighted by molar-refractivity contribution is 5.66. The molecule has 3 rings (SSSR count). The monoisotopic (exact) mass is 436 g/mol. The minimum Gasteiger partial charge on any atom is -0.481 e. The molecule has 2 aromatic carbocycles. The summed E-state index contributed by atoms with van der Waals surface area (Å²) in [5.41, 5.74) is 0.600. The molecule has 2 aromatic rings. The summed E-state index contributed by atoms with van der Waals surface area (Å²) in [5.74, 6) is -8.35. The van der Waals surface area contributed by atoms with Gasteiger partial charge in [0, 0.05) is 6.99 Å². The lowest BCUT2D eigenvalue weighted by Crippen LogP contribution is -2.34. The molecule has 1 fully saturated rings. The molecule has 166 valence electrons. The van der Waals surface area contributed by atoms with Crippen molar-refractivity contribution in [2.75, 3.05) is 6.61 Å². The molecule has 0 aliphatic heterocycles. The van der Waals surface area contributed by atoms with Crippen molar-refractivity contribution in [3.8, 4) is 16.9 Å². The highest BCUT2D eigenvalue weighted by Gasteiger charge is 2.42. The average Bonchev–Trinajstić information content (AvgIpc) is 2.67. The molecule has 0 aromatic heterocycles. The predicted molar refractivity (Wildman–Crippen MR) is 101 cm³/mol. The lowest BCUT2D eigenvalue weighted by atomic mass is 9.79. The summed E-state index contributed by atoms with van der Waals surface area (Å²) in [6.45, 7) is 0.284. The molecule has 0 unspecified atom stereocenters. The van der Waals surface area contributed by atoms with E-state index < -0.39 is 42.2 Å². The Balaban J connectivity index is 0.00000341. The van der Waals surface area contributed by atoms with Gasteiger partial charge in [0.15, 0.2) is 24.0 Å². The van der Waals surface area contributed by atoms with Crippen molar-refractivity contribution in [1.82, 2.24) is 0 Å². The normalized spacial score (nSPS) is 19.9. The third-order valence-corrected chi connectivity index (χ3v) is 5.52. The number of alkyl halides is 4. The molecule has 0 amide bonds. The van der Waals surface area contributed by atoms with Gasteiger partial charge in [-0.05, 0) is 54.0 Å². The van der Waals surface area contributed by atoms with E-state index in [1.54, 1.807) is 6.07 Å². The third-order valence-electron chi connectivity index (χ3n) is 5.52. The van der Waals surface area contributed by atoms with Gasteiger partial charge in [0.25, 0.3) is 0 Å². The number of rotatable bonds is 6. The van der Waals surface area contributed by atoms with Crippen LogP contribution in [0.5, 0.6) is 5.75 Å². The van der Waals surface area contributed by atoms with Crippen LogP contribution in [0.15, 0.2) is 30.3 Å². The number of halogens is 7. The second kappa shape index (κ2) is 8.86. The Labute approximate surface area is 171 Å². The molecule has 1 saturated carbocycles. The topological polar surface area (TPSA) is 9.23 Å². The van der Waals surface area contributed by atoms with Crippen molar-refractivity contribution in [3.05, 3.63) is 53.3 Å². The van der Waals surface area contributed by atoms with Gasteiger partial charge in [0.1, 0.15) is 5.82 Å². The van der Waals surface area contributed by atoms with E-state index in [-0.39, 0.29) is 18.5 Å². The van der Waals surface area contributed by atoms with Gasteiger partial charge in [-0.3, -0.25) is 0 Å². The fraction of sp³-hybridized carbons (Fsp3) is 0.455. The maximum atomic E-state index is 14.7. The van der Waals surface area contributed by atoms with Crippen LogP contribution >= 0.6 is 0 Å². The zero-order chi connectivity index (χ0) is 22.1. The molecule has 0 saturated heterocycles. The van der Waals surface area contributed by atoms with Crippen LogP contribution < -0.4 is 4.74 Å². The Bertz CT molecular complexity index is 872. The first kappa shape index (κ1) is 22.4. The standard InChI is InChI=1S/C22H21F7O.H2/c1-12-2-4-13(5-3-12)14-6-7-16(17(23)8-14)15-9-18(24)20(19(25)10-15)30-11-22(28,29)21(26)27;/h6-10,12-13,21H,2-5,11H2,1H3;1H. The van der Waals surface area contributed by atoms with Crippen molar-refractivity contribution in [1.29, 1.82) is 0 Å². The van der Waals surface area contributed by atoms with Gasteiger partial charge in [0.2, 0.25) is 0 Å². The molecule has 0 spiro atoms. The van der Waals surface area contributed by atoms with E-state index >= 15 is 0 Å². The van der Waals surface area contributed by atoms with Crippen LogP contribution in [0, 0.1) is 23.4 Å². The van der Waals surface area contributed by atoms with Gasteiger partial charge in [-0.25, -0.2) is 22.0 Å². The second-order valence-corrected chi connectivity index (χ2v) is 7.82. The molecule has 30 heavy (non-hydrogen) atoms. The fourth-order valence-corrected chi connectivity index (χ4v) is 3.70. The number of ether oxygens (including phenoxy) is 1. The quantitative estimate of drug-likeness (QED) is 0.424. The molecular weight excluding hydrogens is 413 g/mol. The summed E-state index contributed by atoms with van der Waals surface area (Å²) in [4.78, 5) is 0. The zero-order valence-electron chi connectivity index (χ0n) is 16.2. The first-order chi connectivity index (χ1) is 14.1. The van der Waals surface area contributed by atoms with Crippen LogP contribution in [-0.4, -0.2) is 19.0 Å². The van der Waals surface area contributed by atoms with Gasteiger partial charge < -0.3 is 4.74 Å². The minimum atomic E-state index is -4.56. The Morgan fingerprint density at radius 3 is 2.10 bits per heavy atom. The molecule has 1 aliphatic rings. The molecule has 0 bridgehead atoms. The average molecular weight is 436 g/mol. The van der Waals surface area contributed by atoms with Crippen molar-refractivity contribution in [2.45, 2.75) is 50.9 Å². The maximum Gasteiger partial charge on any atom is 0.340 e. The number of hydrogen-bond donors (Lipinski definition) is 0. The van der Waals surface area contributed by atoms with E-state index in [4.69, 9.17) is 0 Å². The molecule has 0 atom stereocenters. The minimum absolute atomic E-state index is 0. The summed E-state index contributed by atoms with van der Waals surface area (Å²) in [5, 5.41) is 0. The molecule has 1 aliphatic carbocycles. The van der Waals surface area contributed by atoms with Gasteiger partial charge in [-0.2, -0.15) is 8.78 Å². The molecule has 0 heterocycles. The van der Waals surface area contributed by atoms with Crippen LogP contribution in [0.4, 0.5) is 30.7 Å². The van der Waals surface area contributed by atoms with E-state index in [1.165, 1.54) is 12.1 Å². The van der Waals surface area contributed by atoms with Crippen molar-refractivity contribution in [3.63, 3.8) is 0 Å². The van der Waals surface area contributed by atoms with Gasteiger partial charge in [-0.15, -0.1) is 0 Å². The smallest absolute Gasteiger partial charge is 0.340 e. The fourth-order valence-electron chi connectivity index (χ4n) is 3.70. The molecule has 0 N–H and O–H groups in total. The van der Waals surface area contributed by atoms with Crippen molar-refractivity contribution in [2.24, 2.45) is 5.92 Å². The lowest BCUT2D eigenvalue weighted by molar-refractivity contribution is -0.148. The number of hydrogen-bond acceptors (Lipinski definition) is 1. The summed E-state index contributed by atoms with van der Waals surface area (Å²) in [6, 6.07) is 5.92. The largest absolute Gasteiger partial charge is 0.481 e. The van der Waals surface area contributed by atoms with Gasteiger partial charge >= 0.3 is 12.3 Å². The van der Waals surface area contributed by atoms with E-state index in [1.807, 2.05) is 0 Å². The molecule has 1 nitrogen and oxygen atoms in total. The van der Waals surface area contributed by atoms with Crippen LogP contribution in [0.25, 0.3) is 11.1 Å². The van der Waals surface area contributed by atoms with E-state index in [0.717, 1.165) is 43.4 Å². The summed E-state index contributed by atoms with van der Waals surface area (Å²) >= 11 is 0. The van der Waals surface area contributed by atoms with Crippen molar-refractivity contribution < 1.29 is 36.9 Å². The van der Waals surface area contributed by atoms with Crippen LogP contribution in [0.1, 0.15) is 45.5 Å². The molecular formula is C22H23F7O. The third kappa shape index (κ3) is 4.90. The SMILES string of the molecule is CC1CCC(c2ccc(-c3cc(F)c(OCC(F)(F)C(F)F)c(F)c3)c(F)c2)CC1.[HH]. The van der Waals surface area contributed by atoms with Crippen LogP contribution in [-0.2, 0) is 0 Å². The molecule has 8 heteroatoms. The Morgan fingerprint density at radius 2 is 1.57 bits per heavy atom. The highest BCUT2D eigenvalue weighted by Crippen LogP contribution is 2.38. The summed E-state index contributed by atoms with van der Waals surface area (Å²) < 4.78 is 97.5.